The molecule has 3 atom stereocenters. The number of rotatable bonds is 4. The predicted molar refractivity (Wildman–Crippen MR) is 191 cm³/mol. The molecule has 51 heavy (non-hydrogen) atoms. The lowest BCUT2D eigenvalue weighted by Gasteiger charge is -2.34. The van der Waals surface area contributed by atoms with Crippen molar-refractivity contribution in [2.75, 3.05) is 20.1 Å². The largest absolute Gasteiger partial charge is 0.486 e. The quantitative estimate of drug-likeness (QED) is 0.416. The minimum atomic E-state index is -0.864. The molecule has 2 aromatic heterocycles. The number of hydrogen-bond acceptors (Lipinski definition) is 8. The molecule has 0 radical (unpaired) electrons. The number of pyridine rings is 1. The number of hydrogen-bond donors (Lipinski definition) is 2. The Balaban J connectivity index is 1.39. The highest BCUT2D eigenvalue weighted by molar-refractivity contribution is 6.00. The van der Waals surface area contributed by atoms with Gasteiger partial charge < -0.3 is 25.2 Å². The van der Waals surface area contributed by atoms with E-state index >= 15 is 0 Å². The zero-order valence-corrected chi connectivity index (χ0v) is 30.1. The van der Waals surface area contributed by atoms with Crippen LogP contribution in [0.25, 0.3) is 0 Å². The highest BCUT2D eigenvalue weighted by atomic mass is 16.5. The van der Waals surface area contributed by atoms with Gasteiger partial charge in [0.05, 0.1) is 11.8 Å². The third-order valence-electron chi connectivity index (χ3n) is 9.61. The first kappa shape index (κ1) is 37.4. The van der Waals surface area contributed by atoms with Gasteiger partial charge in [0.2, 0.25) is 17.7 Å². The fourth-order valence-corrected chi connectivity index (χ4v) is 6.83. The number of nitrogens with zero attached hydrogens (tertiary/aromatic N) is 6. The van der Waals surface area contributed by atoms with E-state index in [4.69, 9.17) is 4.74 Å². The maximum Gasteiger partial charge on any atom is 0.255 e. The zero-order chi connectivity index (χ0) is 36.2. The lowest BCUT2D eigenvalue weighted by Crippen LogP contribution is -2.57. The Morgan fingerprint density at radius 1 is 0.922 bits per heavy atom. The number of amides is 4. The molecule has 2 bridgehead atoms. The average Bonchev–Trinajstić information content (AvgIpc) is 3.81. The number of aryl methyl sites for hydroxylation is 1. The molecule has 1 aromatic carbocycles. The second-order valence-corrected chi connectivity index (χ2v) is 14.0. The van der Waals surface area contributed by atoms with Crippen LogP contribution in [-0.4, -0.2) is 91.7 Å². The van der Waals surface area contributed by atoms with Crippen molar-refractivity contribution in [2.45, 2.75) is 109 Å². The Morgan fingerprint density at radius 2 is 1.71 bits per heavy atom. The Hall–Kier alpha value is -4.81. The van der Waals surface area contributed by atoms with Crippen LogP contribution in [0.2, 0.25) is 0 Å². The number of para-hydroxylation sites is 1. The van der Waals surface area contributed by atoms with E-state index in [1.807, 2.05) is 36.9 Å². The molecule has 1 fully saturated rings. The van der Waals surface area contributed by atoms with Gasteiger partial charge in [0.25, 0.3) is 5.91 Å². The Bertz CT molecular complexity index is 1610. The first-order chi connectivity index (χ1) is 24.7. The van der Waals surface area contributed by atoms with Gasteiger partial charge in [-0.05, 0) is 61.8 Å². The minimum absolute atomic E-state index is 0.0840. The zero-order valence-electron chi connectivity index (χ0n) is 30.1. The van der Waals surface area contributed by atoms with E-state index in [-0.39, 0.29) is 30.2 Å². The van der Waals surface area contributed by atoms with Crippen LogP contribution >= 0.6 is 0 Å². The molecule has 0 spiro atoms. The molecule has 274 valence electrons. The minimum Gasteiger partial charge on any atom is -0.486 e. The number of nitrogens with one attached hydrogen (secondary N) is 2. The van der Waals surface area contributed by atoms with E-state index in [0.717, 1.165) is 50.6 Å². The van der Waals surface area contributed by atoms with Crippen LogP contribution in [-0.2, 0) is 34.0 Å². The summed E-state index contributed by atoms with van der Waals surface area (Å²) in [6.45, 7) is 5.76. The number of carbonyl (C=O) groups is 4. The van der Waals surface area contributed by atoms with E-state index in [1.165, 1.54) is 4.90 Å². The van der Waals surface area contributed by atoms with E-state index in [9.17, 15) is 19.2 Å². The Kier molecular flexibility index (Phi) is 13.5. The van der Waals surface area contributed by atoms with Crippen LogP contribution in [0.5, 0.6) is 5.75 Å². The lowest BCUT2D eigenvalue weighted by atomic mass is 10.0. The molecule has 2 N–H and O–H groups in total. The standard InChI is InChI=1S/C38H52N8O5/c1-27(2)22-31-37(49)46-21-13-16-32(46)38(50)44(3)33(23-28-14-12-18-39-24-28)36(48)40-19-10-6-4-5-7-11-20-45-25-29(42-43-45)26-51-34-17-9-8-15-30(34)35(47)41-31/h8-9,12,14-15,17-18,24-25,27,31-33H,4-7,10-11,13,16,19-23,26H2,1-3H3,(H,40,48)(H,41,47)/t31-,32-,33+/m1/s1. The summed E-state index contributed by atoms with van der Waals surface area (Å²) in [6, 6.07) is 8.23. The maximum atomic E-state index is 14.2. The topological polar surface area (TPSA) is 152 Å². The molecular formula is C38H52N8O5. The fraction of sp³-hybridized carbons (Fsp3) is 0.553. The van der Waals surface area contributed by atoms with Crippen molar-refractivity contribution in [3.8, 4) is 5.75 Å². The van der Waals surface area contributed by atoms with Crippen LogP contribution in [0.3, 0.4) is 0 Å². The van der Waals surface area contributed by atoms with Crippen molar-refractivity contribution >= 4 is 23.6 Å². The van der Waals surface area contributed by atoms with Crippen LogP contribution in [0.4, 0.5) is 0 Å². The summed E-state index contributed by atoms with van der Waals surface area (Å²) in [5.74, 6) is -0.828. The molecule has 13 nitrogen and oxygen atoms in total. The van der Waals surface area contributed by atoms with Crippen molar-refractivity contribution in [1.82, 2.24) is 40.4 Å². The first-order valence-electron chi connectivity index (χ1n) is 18.4. The van der Waals surface area contributed by atoms with Crippen molar-refractivity contribution < 1.29 is 23.9 Å². The second kappa shape index (κ2) is 18.4. The molecule has 3 aromatic rings. The molecule has 13 heteroatoms. The van der Waals surface area contributed by atoms with Crippen molar-refractivity contribution in [2.24, 2.45) is 5.92 Å². The summed E-state index contributed by atoms with van der Waals surface area (Å²) in [5, 5.41) is 14.5. The molecule has 4 heterocycles. The Labute approximate surface area is 300 Å². The summed E-state index contributed by atoms with van der Waals surface area (Å²) in [7, 11) is 1.64. The third-order valence-corrected chi connectivity index (χ3v) is 9.61. The van der Waals surface area contributed by atoms with Gasteiger partial charge in [-0.3, -0.25) is 28.8 Å². The second-order valence-electron chi connectivity index (χ2n) is 14.0. The van der Waals surface area contributed by atoms with E-state index < -0.39 is 24.0 Å². The van der Waals surface area contributed by atoms with Gasteiger partial charge in [-0.2, -0.15) is 0 Å². The molecule has 5 rings (SSSR count). The number of ether oxygens (including phenoxy) is 1. The highest BCUT2D eigenvalue weighted by Crippen LogP contribution is 2.25. The number of fused-ring (bicyclic) bond motifs is 4. The fourth-order valence-electron chi connectivity index (χ4n) is 6.83. The molecular weight excluding hydrogens is 648 g/mol. The predicted octanol–water partition coefficient (Wildman–Crippen LogP) is 3.93. The summed E-state index contributed by atoms with van der Waals surface area (Å²) < 4.78 is 7.87. The van der Waals surface area contributed by atoms with Crippen LogP contribution in [0, 0.1) is 5.92 Å². The van der Waals surface area contributed by atoms with E-state index in [1.54, 1.807) is 48.6 Å². The molecule has 0 unspecified atom stereocenters. The van der Waals surface area contributed by atoms with E-state index in [2.05, 4.69) is 25.9 Å². The molecule has 2 aliphatic heterocycles. The molecule has 0 aliphatic carbocycles. The van der Waals surface area contributed by atoms with Gasteiger partial charge in [-0.25, -0.2) is 0 Å². The normalized spacial score (nSPS) is 22.2. The number of likely N-dealkylation sites (N-methyl/N-ethyl adjacent to an activating group) is 1. The number of carbonyl (C=O) groups excluding carboxylic acids is 4. The van der Waals surface area contributed by atoms with Crippen molar-refractivity contribution in [3.63, 3.8) is 0 Å². The first-order valence-corrected chi connectivity index (χ1v) is 18.4. The van der Waals surface area contributed by atoms with Gasteiger partial charge >= 0.3 is 0 Å². The van der Waals surface area contributed by atoms with Gasteiger partial charge in [0.1, 0.15) is 36.2 Å². The van der Waals surface area contributed by atoms with Gasteiger partial charge in [0.15, 0.2) is 0 Å². The summed E-state index contributed by atoms with van der Waals surface area (Å²) in [5.41, 5.74) is 1.78. The molecule has 4 amide bonds. The van der Waals surface area contributed by atoms with Gasteiger partial charge in [0, 0.05) is 45.5 Å². The monoisotopic (exact) mass is 700 g/mol. The summed E-state index contributed by atoms with van der Waals surface area (Å²) in [6.07, 6.45) is 13.0. The summed E-state index contributed by atoms with van der Waals surface area (Å²) in [4.78, 5) is 63.2. The molecule has 0 saturated carbocycles. The third kappa shape index (κ3) is 10.4. The van der Waals surface area contributed by atoms with Crippen molar-refractivity contribution in [3.05, 3.63) is 71.8 Å². The van der Waals surface area contributed by atoms with E-state index in [0.29, 0.717) is 55.8 Å². The maximum absolute atomic E-state index is 14.2. The van der Waals surface area contributed by atoms with Crippen LogP contribution < -0.4 is 15.4 Å². The molecule has 1 saturated heterocycles. The smallest absolute Gasteiger partial charge is 0.255 e. The lowest BCUT2D eigenvalue weighted by molar-refractivity contribution is -0.147. The molecule has 2 aliphatic rings. The van der Waals surface area contributed by atoms with Crippen LogP contribution in [0.1, 0.15) is 93.3 Å². The SMILES string of the molecule is CC(C)C[C@H]1NC(=O)c2ccccc2OCc2cn(nn2)CCCCCCCCNC(=O)[C@H](Cc2cccnc2)N(C)C(=O)[C@H]2CCCN2C1=O. The van der Waals surface area contributed by atoms with Crippen molar-refractivity contribution in [1.29, 1.82) is 0 Å². The highest BCUT2D eigenvalue weighted by Gasteiger charge is 2.41. The summed E-state index contributed by atoms with van der Waals surface area (Å²) >= 11 is 0. The number of benzene rings is 1. The van der Waals surface area contributed by atoms with Gasteiger partial charge in [-0.15, -0.1) is 5.10 Å². The Morgan fingerprint density at radius 3 is 2.49 bits per heavy atom. The van der Waals surface area contributed by atoms with Gasteiger partial charge in [-0.1, -0.05) is 62.9 Å². The number of aromatic nitrogens is 4. The van der Waals surface area contributed by atoms with Crippen LogP contribution in [0.15, 0.2) is 55.0 Å². The average molecular weight is 701 g/mol.